The van der Waals surface area contributed by atoms with Crippen LogP contribution in [-0.4, -0.2) is 22.3 Å². The highest BCUT2D eigenvalue weighted by Crippen LogP contribution is 2.13. The number of rotatable bonds is 2. The van der Waals surface area contributed by atoms with Crippen LogP contribution in [0.15, 0.2) is 15.7 Å². The monoisotopic (exact) mass is 210 g/mol. The van der Waals surface area contributed by atoms with Gasteiger partial charge in [0.05, 0.1) is 12.6 Å². The molecule has 1 fully saturated rings. The SMILES string of the molecule is Cc1cc(=O)[nH]c(=O)n1C[C@@H]1CCCO1. The first-order chi connectivity index (χ1) is 7.16. The number of H-pyrrole nitrogens is 1. The minimum atomic E-state index is -0.351. The highest BCUT2D eigenvalue weighted by Gasteiger charge is 2.17. The van der Waals surface area contributed by atoms with Gasteiger partial charge in [-0.3, -0.25) is 14.3 Å². The summed E-state index contributed by atoms with van der Waals surface area (Å²) in [5.41, 5.74) is -0.0177. The van der Waals surface area contributed by atoms with E-state index in [1.54, 1.807) is 11.5 Å². The van der Waals surface area contributed by atoms with Crippen molar-refractivity contribution in [2.75, 3.05) is 6.61 Å². The molecule has 1 aliphatic rings. The van der Waals surface area contributed by atoms with Crippen LogP contribution in [-0.2, 0) is 11.3 Å². The van der Waals surface area contributed by atoms with Crippen LogP contribution < -0.4 is 11.2 Å². The molecular formula is C10H14N2O3. The summed E-state index contributed by atoms with van der Waals surface area (Å²) < 4.78 is 7.00. The lowest BCUT2D eigenvalue weighted by atomic mass is 10.2. The third-order valence-electron chi connectivity index (χ3n) is 2.65. The third kappa shape index (κ3) is 2.18. The maximum atomic E-state index is 11.5. The largest absolute Gasteiger partial charge is 0.376 e. The van der Waals surface area contributed by atoms with Gasteiger partial charge in [-0.2, -0.15) is 0 Å². The Hall–Kier alpha value is -1.36. The Balaban J connectivity index is 2.27. The van der Waals surface area contributed by atoms with Gasteiger partial charge in [-0.05, 0) is 19.8 Å². The van der Waals surface area contributed by atoms with E-state index in [1.807, 2.05) is 0 Å². The molecule has 0 amide bonds. The molecule has 1 aromatic heterocycles. The fourth-order valence-corrected chi connectivity index (χ4v) is 1.86. The summed E-state index contributed by atoms with van der Waals surface area (Å²) in [6.45, 7) is 3.05. The van der Waals surface area contributed by atoms with E-state index in [2.05, 4.69) is 4.98 Å². The van der Waals surface area contributed by atoms with Crippen LogP contribution in [0.2, 0.25) is 0 Å². The molecule has 1 aliphatic heterocycles. The molecule has 15 heavy (non-hydrogen) atoms. The van der Waals surface area contributed by atoms with Crippen molar-refractivity contribution in [3.63, 3.8) is 0 Å². The highest BCUT2D eigenvalue weighted by atomic mass is 16.5. The predicted molar refractivity (Wildman–Crippen MR) is 55.0 cm³/mol. The van der Waals surface area contributed by atoms with Gasteiger partial charge in [0.25, 0.3) is 5.56 Å². The molecule has 1 N–H and O–H groups in total. The van der Waals surface area contributed by atoms with Crippen molar-refractivity contribution < 1.29 is 4.74 Å². The molecule has 82 valence electrons. The van der Waals surface area contributed by atoms with E-state index in [4.69, 9.17) is 4.74 Å². The van der Waals surface area contributed by atoms with E-state index < -0.39 is 0 Å². The van der Waals surface area contributed by atoms with E-state index >= 15 is 0 Å². The minimum absolute atomic E-state index is 0.104. The Morgan fingerprint density at radius 2 is 2.40 bits per heavy atom. The molecule has 0 radical (unpaired) electrons. The van der Waals surface area contributed by atoms with Crippen molar-refractivity contribution in [3.05, 3.63) is 32.6 Å². The smallest absolute Gasteiger partial charge is 0.328 e. The van der Waals surface area contributed by atoms with E-state index in [9.17, 15) is 9.59 Å². The number of hydrogen-bond donors (Lipinski definition) is 1. The summed E-state index contributed by atoms with van der Waals surface area (Å²) in [5, 5.41) is 0. The second-order valence-corrected chi connectivity index (χ2v) is 3.83. The summed E-state index contributed by atoms with van der Waals surface area (Å²) in [6, 6.07) is 1.43. The van der Waals surface area contributed by atoms with Crippen LogP contribution in [0.5, 0.6) is 0 Å². The summed E-state index contributed by atoms with van der Waals surface area (Å²) >= 11 is 0. The molecule has 0 unspecified atom stereocenters. The molecule has 1 saturated heterocycles. The average molecular weight is 210 g/mol. The first-order valence-corrected chi connectivity index (χ1v) is 5.09. The summed E-state index contributed by atoms with van der Waals surface area (Å²) in [6.07, 6.45) is 2.12. The number of nitrogens with zero attached hydrogens (tertiary/aromatic N) is 1. The molecule has 0 spiro atoms. The zero-order chi connectivity index (χ0) is 10.8. The van der Waals surface area contributed by atoms with Gasteiger partial charge >= 0.3 is 5.69 Å². The molecule has 1 aromatic rings. The molecule has 5 nitrogen and oxygen atoms in total. The topological polar surface area (TPSA) is 64.1 Å². The Kier molecular flexibility index (Phi) is 2.73. The number of ether oxygens (including phenoxy) is 1. The van der Waals surface area contributed by atoms with Gasteiger partial charge in [0.1, 0.15) is 0 Å². The van der Waals surface area contributed by atoms with Crippen molar-refractivity contribution in [2.24, 2.45) is 0 Å². The minimum Gasteiger partial charge on any atom is -0.376 e. The van der Waals surface area contributed by atoms with Gasteiger partial charge < -0.3 is 4.74 Å². The fraction of sp³-hybridized carbons (Fsp3) is 0.600. The lowest BCUT2D eigenvalue weighted by molar-refractivity contribution is 0.0952. The number of aromatic nitrogens is 2. The molecule has 0 aromatic carbocycles. The third-order valence-corrected chi connectivity index (χ3v) is 2.65. The maximum Gasteiger partial charge on any atom is 0.328 e. The van der Waals surface area contributed by atoms with E-state index in [1.165, 1.54) is 6.07 Å². The molecule has 1 atom stereocenters. The van der Waals surface area contributed by atoms with Gasteiger partial charge in [0, 0.05) is 18.4 Å². The molecule has 2 rings (SSSR count). The van der Waals surface area contributed by atoms with Gasteiger partial charge in [-0.15, -0.1) is 0 Å². The Labute approximate surface area is 86.7 Å². The lowest BCUT2D eigenvalue weighted by Crippen LogP contribution is -2.34. The van der Waals surface area contributed by atoms with Crippen LogP contribution >= 0.6 is 0 Å². The maximum absolute atomic E-state index is 11.5. The number of nitrogens with one attached hydrogen (secondary N) is 1. The molecule has 0 bridgehead atoms. The highest BCUT2D eigenvalue weighted by molar-refractivity contribution is 4.98. The lowest BCUT2D eigenvalue weighted by Gasteiger charge is -2.13. The van der Waals surface area contributed by atoms with Gasteiger partial charge in [0.15, 0.2) is 0 Å². The number of hydrogen-bond acceptors (Lipinski definition) is 3. The van der Waals surface area contributed by atoms with Crippen LogP contribution in [0.3, 0.4) is 0 Å². The zero-order valence-corrected chi connectivity index (χ0v) is 8.66. The Bertz CT molecular complexity index is 454. The van der Waals surface area contributed by atoms with Crippen LogP contribution in [0, 0.1) is 6.92 Å². The van der Waals surface area contributed by atoms with Crippen molar-refractivity contribution in [2.45, 2.75) is 32.4 Å². The summed E-state index contributed by atoms with van der Waals surface area (Å²) in [5.74, 6) is 0. The van der Waals surface area contributed by atoms with E-state index in [0.717, 1.165) is 19.4 Å². The first-order valence-electron chi connectivity index (χ1n) is 5.09. The predicted octanol–water partition coefficient (Wildman–Crippen LogP) is 0.0240. The molecule has 2 heterocycles. The Morgan fingerprint density at radius 3 is 3.00 bits per heavy atom. The quantitative estimate of drug-likeness (QED) is 0.748. The van der Waals surface area contributed by atoms with Gasteiger partial charge in [-0.25, -0.2) is 4.79 Å². The summed E-state index contributed by atoms with van der Waals surface area (Å²) in [4.78, 5) is 24.8. The second kappa shape index (κ2) is 4.02. The van der Waals surface area contributed by atoms with Crippen molar-refractivity contribution in [3.8, 4) is 0 Å². The molecule has 0 saturated carbocycles. The first kappa shape index (κ1) is 10.2. The van der Waals surface area contributed by atoms with Gasteiger partial charge in [0.2, 0.25) is 0 Å². The van der Waals surface area contributed by atoms with Crippen LogP contribution in [0.1, 0.15) is 18.5 Å². The summed E-state index contributed by atoms with van der Waals surface area (Å²) in [7, 11) is 0. The average Bonchev–Trinajstić information content (AvgIpc) is 2.63. The number of aromatic amines is 1. The van der Waals surface area contributed by atoms with Crippen molar-refractivity contribution in [1.82, 2.24) is 9.55 Å². The number of aryl methyl sites for hydroxylation is 1. The van der Waals surface area contributed by atoms with E-state index in [-0.39, 0.29) is 17.4 Å². The van der Waals surface area contributed by atoms with Crippen LogP contribution in [0.4, 0.5) is 0 Å². The van der Waals surface area contributed by atoms with Crippen LogP contribution in [0.25, 0.3) is 0 Å². The van der Waals surface area contributed by atoms with Gasteiger partial charge in [-0.1, -0.05) is 0 Å². The Morgan fingerprint density at radius 1 is 1.60 bits per heavy atom. The second-order valence-electron chi connectivity index (χ2n) is 3.83. The van der Waals surface area contributed by atoms with E-state index in [0.29, 0.717) is 12.2 Å². The standard InChI is InChI=1S/C10H14N2O3/c1-7-5-9(13)11-10(14)12(7)6-8-3-2-4-15-8/h5,8H,2-4,6H2,1H3,(H,11,13,14)/t8-/m0/s1. The molecule has 0 aliphatic carbocycles. The zero-order valence-electron chi connectivity index (χ0n) is 8.66. The van der Waals surface area contributed by atoms with Crippen molar-refractivity contribution in [1.29, 1.82) is 0 Å². The molecule has 5 heteroatoms. The normalized spacial score (nSPS) is 20.7. The van der Waals surface area contributed by atoms with Crippen molar-refractivity contribution >= 4 is 0 Å². The molecular weight excluding hydrogens is 196 g/mol. The fourth-order valence-electron chi connectivity index (χ4n) is 1.86.